The van der Waals surface area contributed by atoms with E-state index >= 15 is 0 Å². The number of esters is 1. The maximum absolute atomic E-state index is 12.5. The van der Waals surface area contributed by atoms with Gasteiger partial charge in [0.15, 0.2) is 6.10 Å². The van der Waals surface area contributed by atoms with Crippen LogP contribution in [0, 0.1) is 11.8 Å². The highest BCUT2D eigenvalue weighted by Gasteiger charge is 2.39. The topological polar surface area (TPSA) is 175 Å². The first-order chi connectivity index (χ1) is 25.6. The summed E-state index contributed by atoms with van der Waals surface area (Å²) in [6.45, 7) is 3.85. The van der Waals surface area contributed by atoms with Crippen LogP contribution in [0.5, 0.6) is 0 Å². The van der Waals surface area contributed by atoms with Crippen LogP contribution in [0.4, 0.5) is 0 Å². The Kier molecular flexibility index (Phi) is 30.4. The Bertz CT molecular complexity index is 1020. The minimum absolute atomic E-state index is 0.0231. The van der Waals surface area contributed by atoms with Gasteiger partial charge in [0.2, 0.25) is 0 Å². The number of nitrogens with two attached hydrogens (primary N) is 1. The molecule has 0 aliphatic heterocycles. The van der Waals surface area contributed by atoms with E-state index in [0.29, 0.717) is 19.3 Å². The third kappa shape index (κ3) is 26.8. The van der Waals surface area contributed by atoms with Crippen molar-refractivity contribution in [3.8, 4) is 0 Å². The molecule has 0 radical (unpaired) electrons. The largest absolute Gasteiger partial charge is 0.492 e. The number of hydrogen-bond acceptors (Lipinski definition) is 10. The van der Waals surface area contributed by atoms with Crippen LogP contribution in [-0.2, 0) is 32.7 Å². The molecule has 53 heavy (non-hydrogen) atoms. The van der Waals surface area contributed by atoms with Gasteiger partial charge in [0.25, 0.3) is 0 Å². The Balaban J connectivity index is 2.36. The van der Waals surface area contributed by atoms with E-state index in [1.54, 1.807) is 12.2 Å². The molecular formula is C41H76NO10P. The van der Waals surface area contributed by atoms with E-state index in [1.807, 2.05) is 6.08 Å². The maximum atomic E-state index is 12.5. The lowest BCUT2D eigenvalue weighted by Crippen LogP contribution is -2.25. The summed E-state index contributed by atoms with van der Waals surface area (Å²) in [6.07, 6.45) is 29.1. The summed E-state index contributed by atoms with van der Waals surface area (Å²) < 4.78 is 33.1. The van der Waals surface area contributed by atoms with Crippen LogP contribution in [0.3, 0.4) is 0 Å². The number of aliphatic hydroxyl groups excluding tert-OH is 2. The average Bonchev–Trinajstić information content (AvgIpc) is 3.41. The van der Waals surface area contributed by atoms with Crippen molar-refractivity contribution in [1.82, 2.24) is 0 Å². The van der Waals surface area contributed by atoms with Crippen LogP contribution >= 0.6 is 7.82 Å². The Morgan fingerprint density at radius 1 is 0.868 bits per heavy atom. The van der Waals surface area contributed by atoms with E-state index in [-0.39, 0.29) is 56.8 Å². The molecule has 310 valence electrons. The first kappa shape index (κ1) is 49.4. The fourth-order valence-electron chi connectivity index (χ4n) is 6.65. The Hall–Kier alpha value is -1.59. The standard InChI is InChI=1S/C41H76NO10P/c1-3-5-7-8-9-10-11-12-13-14-15-16-19-23-30-49-36(34-52-53(47,48)51-31-29-42)33-50-41(46)26-22-18-17-21-25-37-38(40(45)32-39(37)44)28-27-35(43)24-20-6-4-2/h23,27-28,30,35-39,43-44H,3-22,24-26,29,31-34,42H2,1-2H3,(H,47,48)/b28-27+,30-23+/t35-,36+,37+,38+,39-/m0/s1. The van der Waals surface area contributed by atoms with Gasteiger partial charge in [-0.05, 0) is 44.1 Å². The van der Waals surface area contributed by atoms with Gasteiger partial charge in [-0.3, -0.25) is 18.6 Å². The van der Waals surface area contributed by atoms with Gasteiger partial charge in [-0.1, -0.05) is 135 Å². The molecule has 1 aliphatic rings. The summed E-state index contributed by atoms with van der Waals surface area (Å²) in [6, 6.07) is 0. The molecule has 0 aromatic rings. The van der Waals surface area contributed by atoms with E-state index in [0.717, 1.165) is 57.8 Å². The minimum Gasteiger partial charge on any atom is -0.492 e. The number of rotatable bonds is 36. The summed E-state index contributed by atoms with van der Waals surface area (Å²) in [4.78, 5) is 34.9. The number of ketones is 1. The number of Topliss-reactive ketones (excluding diaryl/α,β-unsaturated/α-hetero) is 1. The van der Waals surface area contributed by atoms with E-state index in [1.165, 1.54) is 70.5 Å². The van der Waals surface area contributed by atoms with Crippen molar-refractivity contribution in [2.45, 2.75) is 186 Å². The van der Waals surface area contributed by atoms with Crippen LogP contribution in [0.1, 0.15) is 168 Å². The van der Waals surface area contributed by atoms with Crippen molar-refractivity contribution in [2.24, 2.45) is 17.6 Å². The molecule has 1 fully saturated rings. The number of phosphoric acid groups is 1. The van der Waals surface area contributed by atoms with Crippen LogP contribution in [0.25, 0.3) is 0 Å². The molecule has 12 heteroatoms. The van der Waals surface area contributed by atoms with Crippen LogP contribution in [0.15, 0.2) is 24.5 Å². The quantitative estimate of drug-likeness (QED) is 0.0157. The Morgan fingerprint density at radius 2 is 1.47 bits per heavy atom. The fraction of sp³-hybridized carbons (Fsp3) is 0.854. The van der Waals surface area contributed by atoms with Gasteiger partial charge in [-0.15, -0.1) is 0 Å². The number of allylic oxidation sites excluding steroid dienone is 2. The van der Waals surface area contributed by atoms with Gasteiger partial charge in [-0.25, -0.2) is 4.57 Å². The summed E-state index contributed by atoms with van der Waals surface area (Å²) in [5, 5.41) is 20.7. The number of carbonyl (C=O) groups is 2. The molecule has 1 aliphatic carbocycles. The molecule has 5 N–H and O–H groups in total. The molecule has 0 heterocycles. The Labute approximate surface area is 321 Å². The third-order valence-electron chi connectivity index (χ3n) is 9.87. The molecule has 0 bridgehead atoms. The smallest absolute Gasteiger partial charge is 0.472 e. The van der Waals surface area contributed by atoms with Crippen molar-refractivity contribution in [3.05, 3.63) is 24.5 Å². The lowest BCUT2D eigenvalue weighted by Gasteiger charge is -2.19. The zero-order chi connectivity index (χ0) is 39.0. The molecule has 6 atom stereocenters. The molecule has 1 saturated carbocycles. The molecule has 0 saturated heterocycles. The SMILES string of the molecule is CCCCCCCCCCCCCC/C=C/O[C@H](COC(=O)CCCCCC[C@H]1[C@@H](O)CC(=O)[C@@H]1/C=C/[C@@H](O)CCCCC)COP(=O)(O)OCCN. The second kappa shape index (κ2) is 32.6. The fourth-order valence-corrected chi connectivity index (χ4v) is 7.41. The number of phosphoric ester groups is 1. The van der Waals surface area contributed by atoms with E-state index in [4.69, 9.17) is 24.3 Å². The zero-order valence-electron chi connectivity index (χ0n) is 33.2. The molecule has 1 rings (SSSR count). The molecule has 11 nitrogen and oxygen atoms in total. The molecular weight excluding hydrogens is 697 g/mol. The molecule has 0 spiro atoms. The molecule has 0 amide bonds. The maximum Gasteiger partial charge on any atom is 0.472 e. The van der Waals surface area contributed by atoms with Crippen molar-refractivity contribution >= 4 is 19.6 Å². The minimum atomic E-state index is -4.32. The van der Waals surface area contributed by atoms with Crippen molar-refractivity contribution < 1.29 is 47.8 Å². The van der Waals surface area contributed by atoms with E-state index < -0.39 is 32.1 Å². The first-order valence-corrected chi connectivity index (χ1v) is 22.5. The second-order valence-electron chi connectivity index (χ2n) is 14.7. The average molecular weight is 774 g/mol. The number of hydrogen-bond donors (Lipinski definition) is 4. The van der Waals surface area contributed by atoms with Gasteiger partial charge in [0, 0.05) is 25.3 Å². The van der Waals surface area contributed by atoms with Crippen molar-refractivity contribution in [2.75, 3.05) is 26.4 Å². The summed E-state index contributed by atoms with van der Waals surface area (Å²) >= 11 is 0. The molecule has 0 aromatic carbocycles. The van der Waals surface area contributed by atoms with Gasteiger partial charge in [0.05, 0.1) is 31.7 Å². The van der Waals surface area contributed by atoms with Crippen molar-refractivity contribution in [3.63, 3.8) is 0 Å². The highest BCUT2D eigenvalue weighted by atomic mass is 31.2. The highest BCUT2D eigenvalue weighted by Crippen LogP contribution is 2.43. The lowest BCUT2D eigenvalue weighted by molar-refractivity contribution is -0.147. The number of aliphatic hydroxyl groups is 2. The number of unbranched alkanes of at least 4 members (excludes halogenated alkanes) is 17. The second-order valence-corrected chi connectivity index (χ2v) is 16.2. The predicted octanol–water partition coefficient (Wildman–Crippen LogP) is 9.02. The van der Waals surface area contributed by atoms with Gasteiger partial charge in [0.1, 0.15) is 12.4 Å². The molecule has 0 aromatic heterocycles. The van der Waals surface area contributed by atoms with Gasteiger partial charge in [-0.2, -0.15) is 0 Å². The lowest BCUT2D eigenvalue weighted by atomic mass is 9.88. The van der Waals surface area contributed by atoms with E-state index in [9.17, 15) is 29.3 Å². The van der Waals surface area contributed by atoms with Crippen LogP contribution < -0.4 is 5.73 Å². The number of ether oxygens (including phenoxy) is 2. The predicted molar refractivity (Wildman–Crippen MR) is 211 cm³/mol. The first-order valence-electron chi connectivity index (χ1n) is 21.0. The monoisotopic (exact) mass is 774 g/mol. The summed E-state index contributed by atoms with van der Waals surface area (Å²) in [5.41, 5.74) is 5.35. The Morgan fingerprint density at radius 3 is 2.13 bits per heavy atom. The van der Waals surface area contributed by atoms with Crippen molar-refractivity contribution in [1.29, 1.82) is 0 Å². The summed E-state index contributed by atoms with van der Waals surface area (Å²) in [5.74, 6) is -0.893. The van der Waals surface area contributed by atoms with Crippen LogP contribution in [0.2, 0.25) is 0 Å². The third-order valence-corrected chi connectivity index (χ3v) is 10.9. The number of carbonyl (C=O) groups excluding carboxylic acids is 2. The van der Waals surface area contributed by atoms with Gasteiger partial charge >= 0.3 is 13.8 Å². The zero-order valence-corrected chi connectivity index (χ0v) is 34.1. The van der Waals surface area contributed by atoms with Gasteiger partial charge < -0.3 is 30.3 Å². The highest BCUT2D eigenvalue weighted by molar-refractivity contribution is 7.47. The molecule has 1 unspecified atom stereocenters. The normalized spacial score (nSPS) is 20.0. The summed E-state index contributed by atoms with van der Waals surface area (Å²) in [7, 11) is -4.32. The van der Waals surface area contributed by atoms with Crippen LogP contribution in [-0.4, -0.2) is 71.5 Å². The van der Waals surface area contributed by atoms with E-state index in [2.05, 4.69) is 13.8 Å².